The molecule has 0 spiro atoms. The monoisotopic (exact) mass is 235 g/mol. The van der Waals surface area contributed by atoms with E-state index in [1.165, 1.54) is 0 Å². The van der Waals surface area contributed by atoms with Gasteiger partial charge in [0, 0.05) is 6.08 Å². The van der Waals surface area contributed by atoms with E-state index in [9.17, 15) is 18.0 Å². The highest BCUT2D eigenvalue weighted by Gasteiger charge is 2.49. The highest BCUT2D eigenvalue weighted by atomic mass is 32.2. The van der Waals surface area contributed by atoms with Gasteiger partial charge >= 0.3 is 10.3 Å². The first-order chi connectivity index (χ1) is 6.75. The van der Waals surface area contributed by atoms with E-state index in [1.807, 2.05) is 0 Å². The van der Waals surface area contributed by atoms with Crippen LogP contribution in [-0.4, -0.2) is 41.2 Å². The Morgan fingerprint density at radius 1 is 1.53 bits per heavy atom. The van der Waals surface area contributed by atoms with Gasteiger partial charge in [-0.2, -0.15) is 8.42 Å². The molecule has 1 heterocycles. The zero-order chi connectivity index (χ0) is 11.8. The molecule has 0 aromatic carbocycles. The maximum absolute atomic E-state index is 11.0. The molecule has 2 atom stereocenters. The smallest absolute Gasteiger partial charge is 0.362 e. The van der Waals surface area contributed by atoms with Crippen LogP contribution in [0.25, 0.3) is 0 Å². The number of amides is 2. The summed E-state index contributed by atoms with van der Waals surface area (Å²) in [6.45, 7) is 0. The highest BCUT2D eigenvalue weighted by Crippen LogP contribution is 2.22. The molecule has 8 nitrogen and oxygen atoms in total. The average Bonchev–Trinajstić information content (AvgIpc) is 2.07. The van der Waals surface area contributed by atoms with Crippen LogP contribution < -0.4 is 11.5 Å². The van der Waals surface area contributed by atoms with Crippen molar-refractivity contribution in [2.24, 2.45) is 11.5 Å². The number of hydrogen-bond donors (Lipinski definition) is 3. The average molecular weight is 235 g/mol. The van der Waals surface area contributed by atoms with Crippen LogP contribution in [0.3, 0.4) is 0 Å². The maximum Gasteiger partial charge on any atom is 0.362 e. The summed E-state index contributed by atoms with van der Waals surface area (Å²) >= 11 is 0. The van der Waals surface area contributed by atoms with Crippen LogP contribution in [0.15, 0.2) is 12.2 Å². The van der Waals surface area contributed by atoms with E-state index >= 15 is 0 Å². The van der Waals surface area contributed by atoms with E-state index < -0.39 is 34.2 Å². The van der Waals surface area contributed by atoms with E-state index in [4.69, 9.17) is 16.0 Å². The van der Waals surface area contributed by atoms with E-state index in [0.717, 1.165) is 12.2 Å². The van der Waals surface area contributed by atoms with E-state index in [2.05, 4.69) is 0 Å². The molecule has 0 aromatic heterocycles. The summed E-state index contributed by atoms with van der Waals surface area (Å²) < 4.78 is 30.2. The molecule has 84 valence electrons. The van der Waals surface area contributed by atoms with Crippen molar-refractivity contribution in [3.05, 3.63) is 12.2 Å². The molecule has 0 aliphatic carbocycles. The lowest BCUT2D eigenvalue weighted by Crippen LogP contribution is -2.69. The minimum absolute atomic E-state index is 0.178. The molecule has 0 saturated carbocycles. The van der Waals surface area contributed by atoms with Gasteiger partial charge in [-0.1, -0.05) is 6.08 Å². The van der Waals surface area contributed by atoms with Crippen molar-refractivity contribution in [3.63, 3.8) is 0 Å². The first-order valence-corrected chi connectivity index (χ1v) is 5.18. The largest absolute Gasteiger partial charge is 0.366 e. The Morgan fingerprint density at radius 2 is 2.07 bits per heavy atom. The predicted octanol–water partition coefficient (Wildman–Crippen LogP) is -2.63. The molecule has 2 amide bonds. The summed E-state index contributed by atoms with van der Waals surface area (Å²) in [5.41, 5.74) is 10.0. The van der Waals surface area contributed by atoms with Gasteiger partial charge in [0.2, 0.25) is 5.91 Å². The lowest BCUT2D eigenvalue weighted by atomic mass is 10.00. The van der Waals surface area contributed by atoms with Gasteiger partial charge in [-0.05, 0) is 0 Å². The standard InChI is InChI=1S/C6H9N3O5S/c7-4(10)2-1-3-5(8)6(11)9(3)15(12,13)14/h1-3,5H,8H2,(H2,7,10)(H,12,13,14)/b2-1+/t3-,5-/m0/s1. The lowest BCUT2D eigenvalue weighted by molar-refractivity contribution is -0.138. The first kappa shape index (κ1) is 11.6. The van der Waals surface area contributed by atoms with Crippen LogP contribution in [0.1, 0.15) is 0 Å². The molecule has 9 heteroatoms. The molecule has 15 heavy (non-hydrogen) atoms. The molecule has 5 N–H and O–H groups in total. The Morgan fingerprint density at radius 3 is 2.47 bits per heavy atom. The third kappa shape index (κ3) is 2.14. The third-order valence-electron chi connectivity index (χ3n) is 1.85. The molecule has 1 aliphatic rings. The number of primary amides is 1. The van der Waals surface area contributed by atoms with Crippen molar-refractivity contribution < 1.29 is 22.6 Å². The Balaban J connectivity index is 2.90. The van der Waals surface area contributed by atoms with Crippen molar-refractivity contribution >= 4 is 22.1 Å². The molecule has 1 saturated heterocycles. The van der Waals surface area contributed by atoms with Crippen molar-refractivity contribution in [1.82, 2.24) is 4.31 Å². The fourth-order valence-electron chi connectivity index (χ4n) is 1.16. The van der Waals surface area contributed by atoms with Gasteiger partial charge in [0.05, 0.1) is 6.04 Å². The second kappa shape index (κ2) is 3.61. The molecular formula is C6H9N3O5S. The zero-order valence-electron chi connectivity index (χ0n) is 7.40. The number of hydrogen-bond acceptors (Lipinski definition) is 5. The summed E-state index contributed by atoms with van der Waals surface area (Å²) in [6.07, 6.45) is 1.91. The molecule has 0 aromatic rings. The number of carbonyl (C=O) groups is 2. The fourth-order valence-corrected chi connectivity index (χ4v) is 2.02. The van der Waals surface area contributed by atoms with Crippen LogP contribution >= 0.6 is 0 Å². The fraction of sp³-hybridized carbons (Fsp3) is 0.333. The summed E-state index contributed by atoms with van der Waals surface area (Å²) in [5.74, 6) is -1.74. The molecule has 1 fully saturated rings. The molecule has 0 bridgehead atoms. The molecular weight excluding hydrogens is 226 g/mol. The maximum atomic E-state index is 11.0. The number of nitrogens with zero attached hydrogens (tertiary/aromatic N) is 1. The minimum atomic E-state index is -4.64. The molecule has 0 unspecified atom stereocenters. The van der Waals surface area contributed by atoms with Gasteiger partial charge in [0.25, 0.3) is 5.91 Å². The number of β-lactam (4-membered cyclic amide) rings is 1. The van der Waals surface area contributed by atoms with Crippen LogP contribution in [0.5, 0.6) is 0 Å². The van der Waals surface area contributed by atoms with Crippen molar-refractivity contribution in [3.8, 4) is 0 Å². The Labute approximate surface area is 85.4 Å². The Kier molecular flexibility index (Phi) is 2.79. The first-order valence-electron chi connectivity index (χ1n) is 3.79. The molecule has 1 rings (SSSR count). The quantitative estimate of drug-likeness (QED) is 0.277. The summed E-state index contributed by atoms with van der Waals surface area (Å²) in [6, 6.07) is -2.16. The van der Waals surface area contributed by atoms with E-state index in [1.54, 1.807) is 0 Å². The van der Waals surface area contributed by atoms with Gasteiger partial charge in [0.1, 0.15) is 6.04 Å². The molecule has 0 radical (unpaired) electrons. The van der Waals surface area contributed by atoms with Gasteiger partial charge < -0.3 is 11.5 Å². The van der Waals surface area contributed by atoms with Crippen LogP contribution in [0.2, 0.25) is 0 Å². The lowest BCUT2D eigenvalue weighted by Gasteiger charge is -2.40. The van der Waals surface area contributed by atoms with Gasteiger partial charge in [-0.15, -0.1) is 0 Å². The van der Waals surface area contributed by atoms with E-state index in [0.29, 0.717) is 0 Å². The Hall–Kier alpha value is -1.45. The van der Waals surface area contributed by atoms with Crippen LogP contribution in [0, 0.1) is 0 Å². The van der Waals surface area contributed by atoms with Crippen molar-refractivity contribution in [1.29, 1.82) is 0 Å². The predicted molar refractivity (Wildman–Crippen MR) is 48.5 cm³/mol. The SMILES string of the molecule is NC(=O)/C=C/[C@H]1[C@H](N)C(=O)N1S(=O)(=O)O. The van der Waals surface area contributed by atoms with Gasteiger partial charge in [-0.3, -0.25) is 14.1 Å². The molecule has 1 aliphatic heterocycles. The number of carbonyl (C=O) groups excluding carboxylic acids is 2. The minimum Gasteiger partial charge on any atom is -0.366 e. The highest BCUT2D eigenvalue weighted by molar-refractivity contribution is 7.84. The van der Waals surface area contributed by atoms with E-state index in [-0.39, 0.29) is 4.31 Å². The number of rotatable bonds is 3. The zero-order valence-corrected chi connectivity index (χ0v) is 8.22. The third-order valence-corrected chi connectivity index (χ3v) is 2.77. The summed E-state index contributed by atoms with van der Waals surface area (Å²) in [4.78, 5) is 21.3. The van der Waals surface area contributed by atoms with Crippen molar-refractivity contribution in [2.45, 2.75) is 12.1 Å². The summed E-state index contributed by atoms with van der Waals surface area (Å²) in [7, 11) is -4.64. The summed E-state index contributed by atoms with van der Waals surface area (Å²) in [5, 5.41) is 0. The van der Waals surface area contributed by atoms with Gasteiger partial charge in [-0.25, -0.2) is 4.31 Å². The topological polar surface area (TPSA) is 144 Å². The number of nitrogens with two attached hydrogens (primary N) is 2. The Bertz CT molecular complexity index is 428. The van der Waals surface area contributed by atoms with Crippen LogP contribution in [0.4, 0.5) is 0 Å². The van der Waals surface area contributed by atoms with Gasteiger partial charge in [0.15, 0.2) is 0 Å². The van der Waals surface area contributed by atoms with Crippen molar-refractivity contribution in [2.75, 3.05) is 0 Å². The second-order valence-corrected chi connectivity index (χ2v) is 4.18. The second-order valence-electron chi connectivity index (χ2n) is 2.89. The normalized spacial score (nSPS) is 26.8. The van der Waals surface area contributed by atoms with Crippen LogP contribution in [-0.2, 0) is 19.9 Å².